The van der Waals surface area contributed by atoms with Crippen LogP contribution in [0.15, 0.2) is 12.4 Å². The van der Waals surface area contributed by atoms with Gasteiger partial charge in [0.1, 0.15) is 11.6 Å². The molecular weight excluding hydrogens is 212 g/mol. The van der Waals surface area contributed by atoms with Crippen molar-refractivity contribution in [1.82, 2.24) is 9.97 Å². The Hall–Kier alpha value is -1.32. The molecule has 0 aromatic carbocycles. The number of nitrogens with one attached hydrogen (secondary N) is 2. The van der Waals surface area contributed by atoms with Crippen LogP contribution in [0.4, 0.5) is 11.6 Å². The lowest BCUT2D eigenvalue weighted by atomic mass is 9.87. The molecule has 4 heteroatoms. The van der Waals surface area contributed by atoms with Crippen LogP contribution in [0.2, 0.25) is 0 Å². The highest BCUT2D eigenvalue weighted by molar-refractivity contribution is 5.42. The molecule has 1 fully saturated rings. The molecule has 0 saturated heterocycles. The molecule has 1 heterocycles. The van der Waals surface area contributed by atoms with E-state index >= 15 is 0 Å². The molecule has 1 saturated carbocycles. The van der Waals surface area contributed by atoms with E-state index in [9.17, 15) is 0 Å². The van der Waals surface area contributed by atoms with Gasteiger partial charge in [-0.25, -0.2) is 4.98 Å². The fourth-order valence-corrected chi connectivity index (χ4v) is 2.32. The molecule has 0 unspecified atom stereocenters. The molecule has 0 amide bonds. The van der Waals surface area contributed by atoms with Crippen molar-refractivity contribution < 1.29 is 0 Å². The Bertz CT molecular complexity index is 345. The summed E-state index contributed by atoms with van der Waals surface area (Å²) in [5.74, 6) is 2.62. The predicted octanol–water partition coefficient (Wildman–Crippen LogP) is 2.90. The largest absolute Gasteiger partial charge is 0.369 e. The van der Waals surface area contributed by atoms with E-state index < -0.39 is 0 Å². The van der Waals surface area contributed by atoms with Crippen molar-refractivity contribution in [2.45, 2.75) is 45.6 Å². The number of anilines is 2. The average molecular weight is 234 g/mol. The van der Waals surface area contributed by atoms with Crippen molar-refractivity contribution >= 4 is 11.6 Å². The smallest absolute Gasteiger partial charge is 0.147 e. The van der Waals surface area contributed by atoms with E-state index in [0.717, 1.165) is 24.1 Å². The van der Waals surface area contributed by atoms with Gasteiger partial charge in [-0.3, -0.25) is 4.98 Å². The molecule has 0 bridgehead atoms. The third kappa shape index (κ3) is 3.58. The van der Waals surface area contributed by atoms with Gasteiger partial charge in [0.25, 0.3) is 0 Å². The van der Waals surface area contributed by atoms with Crippen LogP contribution in [-0.4, -0.2) is 22.6 Å². The standard InChI is InChI=1S/C13H22N4/c1-3-15-12-8-14-9-13(17-12)16-11-6-4-10(2)5-7-11/h8-11H,3-7H2,1-2H3,(H2,15,16,17). The SMILES string of the molecule is CCNc1cncc(NC2CCC(C)CC2)n1. The molecule has 2 rings (SSSR count). The van der Waals surface area contributed by atoms with Gasteiger partial charge in [-0.05, 0) is 38.5 Å². The zero-order valence-electron chi connectivity index (χ0n) is 10.7. The Labute approximate surface area is 103 Å². The molecule has 0 aliphatic heterocycles. The van der Waals surface area contributed by atoms with Crippen LogP contribution in [0, 0.1) is 5.92 Å². The van der Waals surface area contributed by atoms with E-state index in [2.05, 4.69) is 34.4 Å². The minimum Gasteiger partial charge on any atom is -0.369 e. The van der Waals surface area contributed by atoms with E-state index in [-0.39, 0.29) is 0 Å². The number of rotatable bonds is 4. The van der Waals surface area contributed by atoms with Crippen LogP contribution in [0.5, 0.6) is 0 Å². The van der Waals surface area contributed by atoms with Gasteiger partial charge in [-0.15, -0.1) is 0 Å². The zero-order chi connectivity index (χ0) is 12.1. The molecule has 1 aromatic heterocycles. The lowest BCUT2D eigenvalue weighted by Crippen LogP contribution is -2.25. The quantitative estimate of drug-likeness (QED) is 0.841. The van der Waals surface area contributed by atoms with Crippen molar-refractivity contribution in [2.75, 3.05) is 17.2 Å². The van der Waals surface area contributed by atoms with E-state index in [1.165, 1.54) is 25.7 Å². The topological polar surface area (TPSA) is 49.8 Å². The summed E-state index contributed by atoms with van der Waals surface area (Å²) in [5.41, 5.74) is 0. The summed E-state index contributed by atoms with van der Waals surface area (Å²) in [5, 5.41) is 6.67. The maximum absolute atomic E-state index is 4.49. The number of aromatic nitrogens is 2. The molecule has 0 radical (unpaired) electrons. The molecule has 17 heavy (non-hydrogen) atoms. The lowest BCUT2D eigenvalue weighted by Gasteiger charge is -2.27. The van der Waals surface area contributed by atoms with Gasteiger partial charge in [-0.1, -0.05) is 6.92 Å². The van der Waals surface area contributed by atoms with Crippen LogP contribution in [0.3, 0.4) is 0 Å². The third-order valence-corrected chi connectivity index (χ3v) is 3.36. The van der Waals surface area contributed by atoms with Crippen LogP contribution in [0.25, 0.3) is 0 Å². The summed E-state index contributed by atoms with van der Waals surface area (Å²) >= 11 is 0. The average Bonchev–Trinajstić information content (AvgIpc) is 2.33. The summed E-state index contributed by atoms with van der Waals surface area (Å²) < 4.78 is 0. The van der Waals surface area contributed by atoms with Gasteiger partial charge in [0.15, 0.2) is 0 Å². The summed E-state index contributed by atoms with van der Waals surface area (Å²) in [6.45, 7) is 5.27. The van der Waals surface area contributed by atoms with Crippen molar-refractivity contribution in [1.29, 1.82) is 0 Å². The van der Waals surface area contributed by atoms with Gasteiger partial charge < -0.3 is 10.6 Å². The minimum absolute atomic E-state index is 0.567. The normalized spacial score (nSPS) is 24.4. The summed E-state index contributed by atoms with van der Waals surface area (Å²) in [6.07, 6.45) is 8.69. The molecule has 4 nitrogen and oxygen atoms in total. The van der Waals surface area contributed by atoms with Gasteiger partial charge in [0.2, 0.25) is 0 Å². The van der Waals surface area contributed by atoms with Crippen LogP contribution in [-0.2, 0) is 0 Å². The fourth-order valence-electron chi connectivity index (χ4n) is 2.32. The van der Waals surface area contributed by atoms with E-state index in [1.54, 1.807) is 12.4 Å². The highest BCUT2D eigenvalue weighted by atomic mass is 15.1. The molecule has 0 spiro atoms. The fraction of sp³-hybridized carbons (Fsp3) is 0.692. The van der Waals surface area contributed by atoms with Crippen LogP contribution < -0.4 is 10.6 Å². The van der Waals surface area contributed by atoms with Crippen LogP contribution >= 0.6 is 0 Å². The molecule has 2 N–H and O–H groups in total. The first-order chi connectivity index (χ1) is 8.28. The van der Waals surface area contributed by atoms with Gasteiger partial charge in [0, 0.05) is 12.6 Å². The monoisotopic (exact) mass is 234 g/mol. The predicted molar refractivity (Wildman–Crippen MR) is 71.2 cm³/mol. The second-order valence-corrected chi connectivity index (χ2v) is 4.92. The van der Waals surface area contributed by atoms with Crippen molar-refractivity contribution in [3.05, 3.63) is 12.4 Å². The first-order valence-electron chi connectivity index (χ1n) is 6.60. The first-order valence-corrected chi connectivity index (χ1v) is 6.60. The molecule has 0 atom stereocenters. The van der Waals surface area contributed by atoms with Crippen LogP contribution in [0.1, 0.15) is 39.5 Å². The Morgan fingerprint density at radius 2 is 1.88 bits per heavy atom. The highest BCUT2D eigenvalue weighted by Crippen LogP contribution is 2.25. The second kappa shape index (κ2) is 5.84. The number of nitrogens with zero attached hydrogens (tertiary/aromatic N) is 2. The maximum Gasteiger partial charge on any atom is 0.147 e. The summed E-state index contributed by atoms with van der Waals surface area (Å²) in [4.78, 5) is 8.69. The van der Waals surface area contributed by atoms with Crippen molar-refractivity contribution in [3.8, 4) is 0 Å². The Kier molecular flexibility index (Phi) is 4.18. The van der Waals surface area contributed by atoms with E-state index in [1.807, 2.05) is 0 Å². The van der Waals surface area contributed by atoms with Gasteiger partial charge in [-0.2, -0.15) is 0 Å². The molecular formula is C13H22N4. The second-order valence-electron chi connectivity index (χ2n) is 4.92. The van der Waals surface area contributed by atoms with Gasteiger partial charge in [0.05, 0.1) is 12.4 Å². The lowest BCUT2D eigenvalue weighted by molar-refractivity contribution is 0.361. The first kappa shape index (κ1) is 12.1. The minimum atomic E-state index is 0.567. The van der Waals surface area contributed by atoms with E-state index in [0.29, 0.717) is 6.04 Å². The molecule has 1 aliphatic rings. The molecule has 1 aliphatic carbocycles. The van der Waals surface area contributed by atoms with Gasteiger partial charge >= 0.3 is 0 Å². The maximum atomic E-state index is 4.49. The Balaban J connectivity index is 1.91. The summed E-state index contributed by atoms with van der Waals surface area (Å²) in [7, 11) is 0. The third-order valence-electron chi connectivity index (χ3n) is 3.36. The Morgan fingerprint density at radius 1 is 1.18 bits per heavy atom. The molecule has 94 valence electrons. The zero-order valence-corrected chi connectivity index (χ0v) is 10.7. The van der Waals surface area contributed by atoms with E-state index in [4.69, 9.17) is 0 Å². The summed E-state index contributed by atoms with van der Waals surface area (Å²) in [6, 6.07) is 0.567. The van der Waals surface area contributed by atoms with Crippen molar-refractivity contribution in [2.24, 2.45) is 5.92 Å². The highest BCUT2D eigenvalue weighted by Gasteiger charge is 2.18. The number of hydrogen-bond acceptors (Lipinski definition) is 4. The Morgan fingerprint density at radius 3 is 2.59 bits per heavy atom. The molecule has 1 aromatic rings. The number of hydrogen-bond donors (Lipinski definition) is 2. The van der Waals surface area contributed by atoms with Crippen molar-refractivity contribution in [3.63, 3.8) is 0 Å².